The quantitative estimate of drug-likeness (QED) is 0.638. The minimum Gasteiger partial charge on any atom is -0.352 e. The number of hydrogen-bond acceptors (Lipinski definition) is 2. The molecule has 4 nitrogen and oxygen atoms in total. The van der Waals surface area contributed by atoms with Crippen molar-refractivity contribution in [2.45, 2.75) is 19.3 Å². The van der Waals surface area contributed by atoms with Gasteiger partial charge in [-0.05, 0) is 36.6 Å². The molecular weight excluding hydrogens is 323 g/mol. The number of nitrogens with one attached hydrogen (secondary N) is 1. The summed E-state index contributed by atoms with van der Waals surface area (Å²) in [5.74, 6) is 0.0460. The lowest BCUT2D eigenvalue weighted by Gasteiger charge is -2.14. The molecule has 6 heteroatoms. The summed E-state index contributed by atoms with van der Waals surface area (Å²) in [4.78, 5) is 25.0. The molecule has 2 rings (SSSR count). The van der Waals surface area contributed by atoms with Crippen LogP contribution in [0.25, 0.3) is 6.08 Å². The van der Waals surface area contributed by atoms with Crippen LogP contribution in [0.4, 0.5) is 0 Å². The van der Waals surface area contributed by atoms with Crippen molar-refractivity contribution in [2.75, 3.05) is 19.6 Å². The first kappa shape index (κ1) is 16.8. The van der Waals surface area contributed by atoms with Crippen LogP contribution in [0.1, 0.15) is 24.8 Å². The number of hydrogen-bond donors (Lipinski definition) is 1. The Hall–Kier alpha value is -1.52. The highest BCUT2D eigenvalue weighted by atomic mass is 35.5. The molecule has 2 amide bonds. The predicted molar refractivity (Wildman–Crippen MR) is 88.9 cm³/mol. The molecular formula is C16H18Cl2N2O2. The normalized spacial score (nSPS) is 14.8. The average molecular weight is 341 g/mol. The molecule has 1 heterocycles. The third-order valence-corrected chi connectivity index (χ3v) is 4.19. The highest BCUT2D eigenvalue weighted by molar-refractivity contribution is 6.42. The van der Waals surface area contributed by atoms with E-state index in [9.17, 15) is 9.59 Å². The van der Waals surface area contributed by atoms with Crippen molar-refractivity contribution >= 4 is 41.1 Å². The molecule has 1 saturated heterocycles. The summed E-state index contributed by atoms with van der Waals surface area (Å²) < 4.78 is 0. The fourth-order valence-corrected chi connectivity index (χ4v) is 2.58. The number of carbonyl (C=O) groups excluding carboxylic acids is 2. The van der Waals surface area contributed by atoms with Gasteiger partial charge in [0.2, 0.25) is 11.8 Å². The smallest absolute Gasteiger partial charge is 0.244 e. The highest BCUT2D eigenvalue weighted by Gasteiger charge is 2.18. The first-order valence-electron chi connectivity index (χ1n) is 7.25. The van der Waals surface area contributed by atoms with Crippen molar-refractivity contribution in [3.8, 4) is 0 Å². The molecule has 1 aliphatic heterocycles. The Morgan fingerprint density at radius 1 is 1.32 bits per heavy atom. The Labute approximate surface area is 140 Å². The van der Waals surface area contributed by atoms with Gasteiger partial charge in [0.15, 0.2) is 0 Å². The topological polar surface area (TPSA) is 49.4 Å². The van der Waals surface area contributed by atoms with Gasteiger partial charge in [-0.1, -0.05) is 29.3 Å². The maximum atomic E-state index is 11.7. The van der Waals surface area contributed by atoms with Gasteiger partial charge in [-0.2, -0.15) is 0 Å². The van der Waals surface area contributed by atoms with E-state index in [1.165, 1.54) is 6.08 Å². The van der Waals surface area contributed by atoms with Crippen LogP contribution in [0.3, 0.4) is 0 Å². The molecule has 0 atom stereocenters. The van der Waals surface area contributed by atoms with E-state index in [-0.39, 0.29) is 11.8 Å². The first-order chi connectivity index (χ1) is 10.6. The summed E-state index contributed by atoms with van der Waals surface area (Å²) in [6.45, 7) is 2.09. The Bertz CT molecular complexity index is 588. The zero-order valence-corrected chi connectivity index (χ0v) is 13.7. The van der Waals surface area contributed by atoms with Gasteiger partial charge in [-0.3, -0.25) is 9.59 Å². The van der Waals surface area contributed by atoms with Gasteiger partial charge < -0.3 is 10.2 Å². The van der Waals surface area contributed by atoms with E-state index in [0.29, 0.717) is 29.6 Å². The Balaban J connectivity index is 1.70. The van der Waals surface area contributed by atoms with Crippen LogP contribution >= 0.6 is 23.2 Å². The van der Waals surface area contributed by atoms with Crippen molar-refractivity contribution < 1.29 is 9.59 Å². The van der Waals surface area contributed by atoms with Gasteiger partial charge in [0.25, 0.3) is 0 Å². The first-order valence-corrected chi connectivity index (χ1v) is 8.00. The van der Waals surface area contributed by atoms with Crippen LogP contribution in [0.5, 0.6) is 0 Å². The van der Waals surface area contributed by atoms with E-state index in [2.05, 4.69) is 5.32 Å². The second-order valence-electron chi connectivity index (χ2n) is 5.14. The molecule has 1 aromatic carbocycles. The Morgan fingerprint density at radius 3 is 2.82 bits per heavy atom. The van der Waals surface area contributed by atoms with E-state index in [4.69, 9.17) is 23.2 Å². The van der Waals surface area contributed by atoms with Gasteiger partial charge in [0, 0.05) is 32.1 Å². The maximum Gasteiger partial charge on any atom is 0.244 e. The second kappa shape index (κ2) is 8.20. The highest BCUT2D eigenvalue weighted by Crippen LogP contribution is 2.23. The van der Waals surface area contributed by atoms with Crippen LogP contribution in [0.2, 0.25) is 10.0 Å². The number of likely N-dealkylation sites (tertiary alicyclic amines) is 1. The molecule has 0 aromatic heterocycles. The van der Waals surface area contributed by atoms with E-state index in [1.807, 2.05) is 4.90 Å². The zero-order valence-electron chi connectivity index (χ0n) is 12.1. The summed E-state index contributed by atoms with van der Waals surface area (Å²) >= 11 is 11.7. The van der Waals surface area contributed by atoms with Crippen LogP contribution in [0.15, 0.2) is 24.3 Å². The van der Waals surface area contributed by atoms with Gasteiger partial charge in [-0.25, -0.2) is 0 Å². The fraction of sp³-hybridized carbons (Fsp3) is 0.375. The average Bonchev–Trinajstić information content (AvgIpc) is 2.90. The van der Waals surface area contributed by atoms with Crippen molar-refractivity contribution in [1.82, 2.24) is 10.2 Å². The number of rotatable bonds is 6. The monoisotopic (exact) mass is 340 g/mol. The molecule has 0 bridgehead atoms. The van der Waals surface area contributed by atoms with Crippen LogP contribution < -0.4 is 5.32 Å². The van der Waals surface area contributed by atoms with Crippen molar-refractivity contribution in [3.63, 3.8) is 0 Å². The standard InChI is InChI=1S/C16H18Cl2N2O2/c17-13-6-4-12(11-14(13)18)5-7-15(21)19-8-2-10-20-9-1-3-16(20)22/h4-7,11H,1-3,8-10H2,(H,19,21)/b7-5+. The van der Waals surface area contributed by atoms with Crippen LogP contribution in [0, 0.1) is 0 Å². The van der Waals surface area contributed by atoms with E-state index < -0.39 is 0 Å². The zero-order chi connectivity index (χ0) is 15.9. The lowest BCUT2D eigenvalue weighted by atomic mass is 10.2. The lowest BCUT2D eigenvalue weighted by molar-refractivity contribution is -0.127. The Morgan fingerprint density at radius 2 is 2.14 bits per heavy atom. The maximum absolute atomic E-state index is 11.7. The summed E-state index contributed by atoms with van der Waals surface area (Å²) in [6.07, 6.45) is 5.50. The molecule has 118 valence electrons. The molecule has 0 spiro atoms. The van der Waals surface area contributed by atoms with Crippen molar-refractivity contribution in [1.29, 1.82) is 0 Å². The number of halogens is 2. The lowest BCUT2D eigenvalue weighted by Crippen LogP contribution is -2.29. The molecule has 0 saturated carbocycles. The van der Waals surface area contributed by atoms with Gasteiger partial charge >= 0.3 is 0 Å². The SMILES string of the molecule is O=C(/C=C/c1ccc(Cl)c(Cl)c1)NCCCN1CCCC1=O. The number of amides is 2. The molecule has 1 aromatic rings. The molecule has 0 unspecified atom stereocenters. The predicted octanol–water partition coefficient (Wildman–Crippen LogP) is 3.14. The summed E-state index contributed by atoms with van der Waals surface area (Å²) in [6, 6.07) is 5.18. The fourth-order valence-electron chi connectivity index (χ4n) is 2.27. The second-order valence-corrected chi connectivity index (χ2v) is 5.95. The molecule has 22 heavy (non-hydrogen) atoms. The van der Waals surface area contributed by atoms with E-state index in [1.54, 1.807) is 24.3 Å². The van der Waals surface area contributed by atoms with E-state index in [0.717, 1.165) is 24.9 Å². The molecule has 1 aliphatic rings. The minimum absolute atomic E-state index is 0.168. The third kappa shape index (κ3) is 5.04. The summed E-state index contributed by atoms with van der Waals surface area (Å²) in [5, 5.41) is 3.74. The van der Waals surface area contributed by atoms with Crippen molar-refractivity contribution in [2.24, 2.45) is 0 Å². The summed E-state index contributed by atoms with van der Waals surface area (Å²) in [5.41, 5.74) is 0.812. The number of carbonyl (C=O) groups is 2. The van der Waals surface area contributed by atoms with Crippen LogP contribution in [-0.4, -0.2) is 36.3 Å². The van der Waals surface area contributed by atoms with E-state index >= 15 is 0 Å². The van der Waals surface area contributed by atoms with Gasteiger partial charge in [0.05, 0.1) is 10.0 Å². The molecule has 1 fully saturated rings. The molecule has 0 aliphatic carbocycles. The van der Waals surface area contributed by atoms with Crippen LogP contribution in [-0.2, 0) is 9.59 Å². The minimum atomic E-state index is -0.168. The Kier molecular flexibility index (Phi) is 6.28. The molecule has 1 N–H and O–H groups in total. The molecule has 0 radical (unpaired) electrons. The van der Waals surface area contributed by atoms with Crippen molar-refractivity contribution in [3.05, 3.63) is 39.9 Å². The largest absolute Gasteiger partial charge is 0.352 e. The summed E-state index contributed by atoms with van der Waals surface area (Å²) in [7, 11) is 0. The number of nitrogens with zero attached hydrogens (tertiary/aromatic N) is 1. The third-order valence-electron chi connectivity index (χ3n) is 3.45. The number of benzene rings is 1. The van der Waals surface area contributed by atoms with Gasteiger partial charge in [0.1, 0.15) is 0 Å². The van der Waals surface area contributed by atoms with Gasteiger partial charge in [-0.15, -0.1) is 0 Å².